The molecule has 1 aliphatic heterocycles. The summed E-state index contributed by atoms with van der Waals surface area (Å²) in [5, 5.41) is 21.0. The Morgan fingerprint density at radius 3 is 2.82 bits per heavy atom. The molecule has 14 heteroatoms. The number of rotatable bonds is 4. The second kappa shape index (κ2) is 7.30. The normalized spacial score (nSPS) is 15.9. The third-order valence-corrected chi connectivity index (χ3v) is 6.12. The molecule has 1 aliphatic rings. The van der Waals surface area contributed by atoms with Crippen molar-refractivity contribution in [1.29, 1.82) is 0 Å². The summed E-state index contributed by atoms with van der Waals surface area (Å²) in [7, 11) is 0. The lowest BCUT2D eigenvalue weighted by atomic mass is 10.1. The molecular formula is C19H13F3N6O4S. The molecule has 0 aliphatic carbocycles. The van der Waals surface area contributed by atoms with Gasteiger partial charge in [0.25, 0.3) is 5.91 Å². The first-order valence-electron chi connectivity index (χ1n) is 9.44. The van der Waals surface area contributed by atoms with Crippen LogP contribution in [0.15, 0.2) is 35.0 Å². The van der Waals surface area contributed by atoms with Crippen LogP contribution in [0, 0.1) is 17.0 Å². The number of fused-ring (bicyclic) bond motifs is 3. The highest BCUT2D eigenvalue weighted by Gasteiger charge is 2.36. The maximum atomic E-state index is 13.1. The molecular weight excluding hydrogens is 465 g/mol. The van der Waals surface area contributed by atoms with Crippen LogP contribution in [0.1, 0.15) is 38.6 Å². The highest BCUT2D eigenvalue weighted by molar-refractivity contribution is 7.21. The van der Waals surface area contributed by atoms with Crippen LogP contribution in [-0.2, 0) is 12.7 Å². The number of aromatic nitrogens is 3. The molecule has 0 saturated carbocycles. The quantitative estimate of drug-likeness (QED) is 0.332. The number of aryl methyl sites for hydroxylation is 1. The first kappa shape index (κ1) is 20.9. The Kier molecular flexibility index (Phi) is 4.63. The number of alkyl halides is 3. The minimum absolute atomic E-state index is 0.107. The second-order valence-corrected chi connectivity index (χ2v) is 8.32. The first-order chi connectivity index (χ1) is 15.6. The number of nitrogens with one attached hydrogen (secondary N) is 2. The van der Waals surface area contributed by atoms with E-state index in [2.05, 4.69) is 20.7 Å². The van der Waals surface area contributed by atoms with Crippen LogP contribution < -0.4 is 10.6 Å². The van der Waals surface area contributed by atoms with Crippen molar-refractivity contribution in [2.45, 2.75) is 25.8 Å². The number of amides is 1. The van der Waals surface area contributed by atoms with Crippen molar-refractivity contribution in [3.05, 3.63) is 68.4 Å². The van der Waals surface area contributed by atoms with Crippen LogP contribution in [0.5, 0.6) is 0 Å². The molecule has 0 saturated heterocycles. The number of thiophene rings is 1. The van der Waals surface area contributed by atoms with E-state index >= 15 is 0 Å². The summed E-state index contributed by atoms with van der Waals surface area (Å²) < 4.78 is 46.5. The van der Waals surface area contributed by atoms with Gasteiger partial charge in [-0.15, -0.1) is 11.3 Å². The third kappa shape index (κ3) is 3.67. The molecule has 10 nitrogen and oxygen atoms in total. The summed E-state index contributed by atoms with van der Waals surface area (Å²) in [4.78, 5) is 27.0. The molecule has 0 unspecified atom stereocenters. The number of carbonyl (C=O) groups excluding carboxylic acids is 1. The molecule has 0 aromatic carbocycles. The molecule has 2 N–H and O–H groups in total. The predicted molar refractivity (Wildman–Crippen MR) is 110 cm³/mol. The van der Waals surface area contributed by atoms with Gasteiger partial charge in [0.2, 0.25) is 0 Å². The average Bonchev–Trinajstić information content (AvgIpc) is 3.46. The lowest BCUT2D eigenvalue weighted by molar-refractivity contribution is -0.385. The zero-order valence-electron chi connectivity index (χ0n) is 16.6. The van der Waals surface area contributed by atoms with Gasteiger partial charge in [0.1, 0.15) is 39.3 Å². The Morgan fingerprint density at radius 2 is 2.12 bits per heavy atom. The zero-order chi connectivity index (χ0) is 23.5. The van der Waals surface area contributed by atoms with Gasteiger partial charge in [0.15, 0.2) is 6.17 Å². The van der Waals surface area contributed by atoms with E-state index < -0.39 is 28.9 Å². The molecule has 1 amide bonds. The van der Waals surface area contributed by atoms with Crippen LogP contribution in [0.2, 0.25) is 0 Å². The van der Waals surface area contributed by atoms with E-state index in [-0.39, 0.29) is 21.9 Å². The molecule has 4 aromatic heterocycles. The Balaban J connectivity index is 1.44. The Labute approximate surface area is 186 Å². The average molecular weight is 478 g/mol. The van der Waals surface area contributed by atoms with Gasteiger partial charge in [0, 0.05) is 5.39 Å². The molecule has 5 heterocycles. The Hall–Kier alpha value is -3.94. The fourth-order valence-electron chi connectivity index (χ4n) is 3.57. The van der Waals surface area contributed by atoms with Crippen molar-refractivity contribution < 1.29 is 27.3 Å². The number of hydrogen-bond donors (Lipinski definition) is 2. The monoisotopic (exact) mass is 478 g/mol. The van der Waals surface area contributed by atoms with Gasteiger partial charge in [-0.25, -0.2) is 4.98 Å². The molecule has 0 spiro atoms. The lowest BCUT2D eigenvalue weighted by Gasteiger charge is -2.24. The summed E-state index contributed by atoms with van der Waals surface area (Å²) in [6.07, 6.45) is -2.99. The Morgan fingerprint density at radius 1 is 1.33 bits per heavy atom. The van der Waals surface area contributed by atoms with E-state index in [1.807, 2.05) is 0 Å². The summed E-state index contributed by atoms with van der Waals surface area (Å²) >= 11 is 0.878. The van der Waals surface area contributed by atoms with E-state index in [4.69, 9.17) is 4.42 Å². The number of nitro groups is 1. The van der Waals surface area contributed by atoms with Crippen molar-refractivity contribution in [3.63, 3.8) is 0 Å². The van der Waals surface area contributed by atoms with Crippen LogP contribution in [-0.4, -0.2) is 25.6 Å². The highest BCUT2D eigenvalue weighted by Crippen LogP contribution is 2.42. The smallest absolute Gasteiger partial charge is 0.433 e. The molecule has 170 valence electrons. The van der Waals surface area contributed by atoms with Gasteiger partial charge in [-0.05, 0) is 30.7 Å². The first-order valence-corrected chi connectivity index (χ1v) is 10.3. The minimum atomic E-state index is -4.60. The van der Waals surface area contributed by atoms with Gasteiger partial charge in [-0.2, -0.15) is 18.3 Å². The van der Waals surface area contributed by atoms with Crippen LogP contribution >= 0.6 is 11.3 Å². The van der Waals surface area contributed by atoms with Crippen molar-refractivity contribution in [1.82, 2.24) is 20.1 Å². The van der Waals surface area contributed by atoms with E-state index in [1.54, 1.807) is 12.1 Å². The largest absolute Gasteiger partial charge is 0.460 e. The zero-order valence-corrected chi connectivity index (χ0v) is 17.5. The third-order valence-electron chi connectivity index (χ3n) is 5.04. The number of halogens is 3. The summed E-state index contributed by atoms with van der Waals surface area (Å²) in [5.41, 5.74) is -0.440. The maximum Gasteiger partial charge on any atom is 0.433 e. The van der Waals surface area contributed by atoms with E-state index in [0.29, 0.717) is 28.2 Å². The number of carbonyl (C=O) groups is 1. The molecule has 5 rings (SSSR count). The maximum absolute atomic E-state index is 13.1. The number of furan rings is 1. The molecule has 4 aromatic rings. The van der Waals surface area contributed by atoms with Gasteiger partial charge in [-0.3, -0.25) is 19.6 Å². The fourth-order valence-corrected chi connectivity index (χ4v) is 4.69. The highest BCUT2D eigenvalue weighted by atomic mass is 32.1. The minimum Gasteiger partial charge on any atom is -0.460 e. The van der Waals surface area contributed by atoms with Crippen LogP contribution in [0.3, 0.4) is 0 Å². The predicted octanol–water partition coefficient (Wildman–Crippen LogP) is 4.22. The molecule has 33 heavy (non-hydrogen) atoms. The summed E-state index contributed by atoms with van der Waals surface area (Å²) in [6.45, 7) is 1.66. The van der Waals surface area contributed by atoms with Crippen molar-refractivity contribution in [2.75, 3.05) is 5.32 Å². The van der Waals surface area contributed by atoms with Crippen molar-refractivity contribution in [3.8, 4) is 0 Å². The van der Waals surface area contributed by atoms with E-state index in [1.165, 1.54) is 17.8 Å². The topological polar surface area (TPSA) is 128 Å². The summed E-state index contributed by atoms with van der Waals surface area (Å²) in [5.74, 6) is 0.320. The van der Waals surface area contributed by atoms with Gasteiger partial charge in [-0.1, -0.05) is 0 Å². The van der Waals surface area contributed by atoms with Crippen molar-refractivity contribution >= 4 is 38.8 Å². The van der Waals surface area contributed by atoms with E-state index in [9.17, 15) is 28.1 Å². The lowest BCUT2D eigenvalue weighted by Crippen LogP contribution is -2.37. The fraction of sp³-hybridized carbons (Fsp3) is 0.211. The summed E-state index contributed by atoms with van der Waals surface area (Å²) in [6, 6.07) is 4.21. The van der Waals surface area contributed by atoms with Gasteiger partial charge < -0.3 is 15.1 Å². The Bertz CT molecular complexity index is 1420. The number of nitrogens with zero attached hydrogens (tertiary/aromatic N) is 4. The number of hydrogen-bond acceptors (Lipinski definition) is 8. The molecule has 0 bridgehead atoms. The standard InChI is InChI=1S/C19H13F3N6O4S/c1-8-4-12(19(20,21)22)24-18-13(8)14-15(33-18)17(29)26-16(25-14)11-3-2-10(32-11)7-27-6-9(5-23-27)28(30)31/h2-6,16,25H,7H2,1H3,(H,26,29)/t16-/m1/s1. The SMILES string of the molecule is Cc1cc(C(F)(F)F)nc2sc3c(c12)N[C@@H](c1ccc(Cn2cc([N+](=O)[O-])cn2)o1)NC3=O. The molecule has 0 fully saturated rings. The van der Waals surface area contributed by atoms with Crippen LogP contribution in [0.25, 0.3) is 10.2 Å². The van der Waals surface area contributed by atoms with Crippen molar-refractivity contribution in [2.24, 2.45) is 0 Å². The second-order valence-electron chi connectivity index (χ2n) is 7.32. The number of anilines is 1. The van der Waals surface area contributed by atoms with Gasteiger partial charge >= 0.3 is 11.9 Å². The molecule has 1 atom stereocenters. The van der Waals surface area contributed by atoms with Crippen LogP contribution in [0.4, 0.5) is 24.5 Å². The van der Waals surface area contributed by atoms with Gasteiger partial charge in [0.05, 0.1) is 17.2 Å². The molecule has 0 radical (unpaired) electrons. The number of pyridine rings is 1. The van der Waals surface area contributed by atoms with E-state index in [0.717, 1.165) is 23.6 Å².